The van der Waals surface area contributed by atoms with Gasteiger partial charge in [0.25, 0.3) is 0 Å². The maximum atomic E-state index is 5.14. The van der Waals surface area contributed by atoms with E-state index in [0.717, 1.165) is 47.0 Å². The molecule has 40 heavy (non-hydrogen) atoms. The number of rotatable bonds is 4. The molecule has 0 saturated carbocycles. The van der Waals surface area contributed by atoms with Crippen LogP contribution in [0.2, 0.25) is 0 Å². The van der Waals surface area contributed by atoms with Gasteiger partial charge in [-0.25, -0.2) is 0 Å². The summed E-state index contributed by atoms with van der Waals surface area (Å²) in [7, 11) is 0. The first-order valence-corrected chi connectivity index (χ1v) is 14.2. The van der Waals surface area contributed by atoms with Gasteiger partial charge in [0.05, 0.1) is 28.3 Å². The van der Waals surface area contributed by atoms with Crippen molar-refractivity contribution in [3.63, 3.8) is 0 Å². The van der Waals surface area contributed by atoms with E-state index in [0.29, 0.717) is 0 Å². The van der Waals surface area contributed by atoms with E-state index in [1.54, 1.807) is 0 Å². The second-order valence-corrected chi connectivity index (χ2v) is 12.0. The fraction of sp³-hybridized carbons (Fsp3) is 0.250. The van der Waals surface area contributed by atoms with Crippen molar-refractivity contribution >= 4 is 39.8 Å². The highest BCUT2D eigenvalue weighted by atomic mass is 15.2. The van der Waals surface area contributed by atoms with E-state index in [9.17, 15) is 0 Å². The fourth-order valence-corrected chi connectivity index (χ4v) is 6.57. The number of nitrogens with one attached hydrogen (secondary N) is 1. The lowest BCUT2D eigenvalue weighted by atomic mass is 9.90. The van der Waals surface area contributed by atoms with Crippen LogP contribution in [0.5, 0.6) is 0 Å². The molecule has 2 aliphatic heterocycles. The van der Waals surface area contributed by atoms with Gasteiger partial charge in [0.2, 0.25) is 0 Å². The highest BCUT2D eigenvalue weighted by Crippen LogP contribution is 2.45. The van der Waals surface area contributed by atoms with Crippen LogP contribution in [0, 0.1) is 0 Å². The Kier molecular flexibility index (Phi) is 6.50. The molecule has 6 rings (SSSR count). The number of hydrogen-bond donors (Lipinski definition) is 1. The van der Waals surface area contributed by atoms with Crippen molar-refractivity contribution in [2.75, 3.05) is 15.1 Å². The maximum absolute atomic E-state index is 5.14. The van der Waals surface area contributed by atoms with Crippen molar-refractivity contribution in [2.24, 2.45) is 4.99 Å². The molecule has 0 saturated heterocycles. The molecular weight excluding hydrogens is 488 g/mol. The molecule has 2 aliphatic rings. The Bertz CT molecular complexity index is 1590. The second kappa shape index (κ2) is 10.0. The van der Waals surface area contributed by atoms with E-state index in [4.69, 9.17) is 4.99 Å². The normalized spacial score (nSPS) is 19.8. The molecule has 0 amide bonds. The molecule has 1 atom stereocenters. The molecular formula is C36H38N4. The van der Waals surface area contributed by atoms with E-state index in [-0.39, 0.29) is 11.1 Å². The van der Waals surface area contributed by atoms with Crippen LogP contribution in [0.15, 0.2) is 120 Å². The largest absolute Gasteiger partial charge is 0.374 e. The van der Waals surface area contributed by atoms with Crippen molar-refractivity contribution in [3.05, 3.63) is 120 Å². The Morgan fingerprint density at radius 1 is 0.750 bits per heavy atom. The van der Waals surface area contributed by atoms with Gasteiger partial charge in [0.15, 0.2) is 0 Å². The molecule has 0 spiro atoms. The zero-order valence-electron chi connectivity index (χ0n) is 24.1. The monoisotopic (exact) mass is 526 g/mol. The van der Waals surface area contributed by atoms with Crippen molar-refractivity contribution in [1.82, 2.24) is 0 Å². The number of nitrogens with zero attached hydrogens (tertiary/aromatic N) is 3. The van der Waals surface area contributed by atoms with E-state index in [1.165, 1.54) is 16.9 Å². The third-order valence-corrected chi connectivity index (χ3v) is 7.93. The molecule has 0 aromatic heterocycles. The first-order valence-electron chi connectivity index (χ1n) is 14.2. The number of hydrogen-bond acceptors (Lipinski definition) is 4. The van der Waals surface area contributed by atoms with Crippen molar-refractivity contribution in [1.29, 1.82) is 0 Å². The van der Waals surface area contributed by atoms with E-state index >= 15 is 0 Å². The Morgan fingerprint density at radius 3 is 2.12 bits per heavy atom. The number of allylic oxidation sites excluding steroid dienone is 1. The summed E-state index contributed by atoms with van der Waals surface area (Å²) < 4.78 is 0. The molecule has 4 heteroatoms. The van der Waals surface area contributed by atoms with E-state index < -0.39 is 0 Å². The smallest absolute Gasteiger partial charge is 0.0868 e. The van der Waals surface area contributed by atoms with Gasteiger partial charge in [-0.2, -0.15) is 0 Å². The van der Waals surface area contributed by atoms with Crippen LogP contribution in [0.1, 0.15) is 46.6 Å². The maximum Gasteiger partial charge on any atom is 0.0868 e. The van der Waals surface area contributed by atoms with Crippen LogP contribution < -0.4 is 15.1 Å². The number of anilines is 5. The summed E-state index contributed by atoms with van der Waals surface area (Å²) in [6.07, 6.45) is 4.11. The Labute approximate surface area is 238 Å². The van der Waals surface area contributed by atoms with Gasteiger partial charge < -0.3 is 15.1 Å². The number of benzene rings is 4. The third kappa shape index (κ3) is 4.90. The molecule has 0 fully saturated rings. The summed E-state index contributed by atoms with van der Waals surface area (Å²) in [4.78, 5) is 9.94. The lowest BCUT2D eigenvalue weighted by molar-refractivity contribution is 0.528. The first kappa shape index (κ1) is 25.9. The van der Waals surface area contributed by atoms with E-state index in [2.05, 4.69) is 159 Å². The average molecular weight is 527 g/mol. The minimum atomic E-state index is -0.292. The van der Waals surface area contributed by atoms with Gasteiger partial charge in [0, 0.05) is 34.7 Å². The molecule has 2 heterocycles. The molecule has 1 N–H and O–H groups in total. The van der Waals surface area contributed by atoms with Crippen LogP contribution in [-0.2, 0) is 6.42 Å². The van der Waals surface area contributed by atoms with Gasteiger partial charge in [-0.15, -0.1) is 0 Å². The standard InChI is InChI=1S/C36H38N4/c1-26-23-35(3,4)40(30-16-10-7-11-17-30)34-21-20-28(22-32(34)37-26)25-36(5)24-27(2)39(29-14-8-6-9-15-29)33-19-13-12-18-31(33)38-36/h6-22,24,38H,23,25H2,1-5H3. The van der Waals surface area contributed by atoms with Gasteiger partial charge in [-0.3, -0.25) is 4.99 Å². The molecule has 4 nitrogen and oxygen atoms in total. The zero-order valence-corrected chi connectivity index (χ0v) is 24.1. The topological polar surface area (TPSA) is 30.9 Å². The van der Waals surface area contributed by atoms with Gasteiger partial charge in [0.1, 0.15) is 0 Å². The summed E-state index contributed by atoms with van der Waals surface area (Å²) in [5, 5.41) is 3.90. The molecule has 0 bridgehead atoms. The molecule has 202 valence electrons. The van der Waals surface area contributed by atoms with Crippen LogP contribution in [0.25, 0.3) is 0 Å². The summed E-state index contributed by atoms with van der Waals surface area (Å²) in [5.74, 6) is 0. The Balaban J connectivity index is 1.40. The molecule has 4 aromatic carbocycles. The van der Waals surface area contributed by atoms with Gasteiger partial charge in [-0.05, 0) is 101 Å². The van der Waals surface area contributed by atoms with Crippen LogP contribution >= 0.6 is 0 Å². The Morgan fingerprint density at radius 2 is 1.40 bits per heavy atom. The summed E-state index contributed by atoms with van der Waals surface area (Å²) in [6.45, 7) is 11.3. The van der Waals surface area contributed by atoms with Crippen LogP contribution in [-0.4, -0.2) is 16.8 Å². The quantitative estimate of drug-likeness (QED) is 0.287. The predicted octanol–water partition coefficient (Wildman–Crippen LogP) is 9.57. The average Bonchev–Trinajstić information content (AvgIpc) is 3.09. The number of fused-ring (bicyclic) bond motifs is 2. The molecule has 0 aliphatic carbocycles. The van der Waals surface area contributed by atoms with Crippen molar-refractivity contribution in [2.45, 2.75) is 58.5 Å². The van der Waals surface area contributed by atoms with Crippen molar-refractivity contribution in [3.8, 4) is 0 Å². The lowest BCUT2D eigenvalue weighted by Gasteiger charge is -2.40. The minimum Gasteiger partial charge on any atom is -0.374 e. The SMILES string of the molecule is CC1=CC(C)(Cc2ccc3c(c2)N=C(C)CC(C)(C)N3c2ccccc2)Nc2ccccc2N1c1ccccc1. The summed E-state index contributed by atoms with van der Waals surface area (Å²) in [5.41, 5.74) is 10.1. The van der Waals surface area contributed by atoms with Crippen LogP contribution in [0.4, 0.5) is 34.1 Å². The zero-order chi connectivity index (χ0) is 27.9. The second-order valence-electron chi connectivity index (χ2n) is 12.0. The minimum absolute atomic E-state index is 0.0962. The summed E-state index contributed by atoms with van der Waals surface area (Å²) in [6, 6.07) is 36.7. The van der Waals surface area contributed by atoms with Gasteiger partial charge in [-0.1, -0.05) is 54.6 Å². The lowest BCUT2D eigenvalue weighted by Crippen LogP contribution is -2.41. The predicted molar refractivity (Wildman–Crippen MR) is 171 cm³/mol. The van der Waals surface area contributed by atoms with Gasteiger partial charge >= 0.3 is 0 Å². The number of para-hydroxylation sites is 4. The molecule has 4 aromatic rings. The first-order chi connectivity index (χ1) is 19.2. The van der Waals surface area contributed by atoms with Crippen LogP contribution in [0.3, 0.4) is 0 Å². The third-order valence-electron chi connectivity index (χ3n) is 7.93. The number of aliphatic imine (C=N–C) groups is 1. The molecule has 1 unspecified atom stereocenters. The fourth-order valence-electron chi connectivity index (χ4n) is 6.57. The molecule has 0 radical (unpaired) electrons. The highest BCUT2D eigenvalue weighted by molar-refractivity contribution is 5.92. The highest BCUT2D eigenvalue weighted by Gasteiger charge is 2.34. The van der Waals surface area contributed by atoms with Crippen molar-refractivity contribution < 1.29 is 0 Å². The Hall–Kier alpha value is -4.31. The summed E-state index contributed by atoms with van der Waals surface area (Å²) >= 11 is 0. The van der Waals surface area contributed by atoms with E-state index in [1.807, 2.05) is 0 Å².